The number of fused-ring (bicyclic) bond motifs is 1. The molecule has 4 nitrogen and oxygen atoms in total. The summed E-state index contributed by atoms with van der Waals surface area (Å²) in [7, 11) is 0. The van der Waals surface area contributed by atoms with Crippen LogP contribution < -0.4 is 15.2 Å². The van der Waals surface area contributed by atoms with Crippen molar-refractivity contribution in [1.82, 2.24) is 4.98 Å². The fourth-order valence-electron chi connectivity index (χ4n) is 2.61. The van der Waals surface area contributed by atoms with Crippen molar-refractivity contribution in [1.29, 1.82) is 0 Å². The SMILES string of the molecule is NCCc1ccc2nc(Oc3ccc(Oc4ccccc4)cc3)sc2c1. The Morgan fingerprint density at radius 1 is 0.808 bits per heavy atom. The molecule has 5 heteroatoms. The highest BCUT2D eigenvalue weighted by Crippen LogP contribution is 2.33. The van der Waals surface area contributed by atoms with Crippen molar-refractivity contribution in [2.24, 2.45) is 5.73 Å². The second-order valence-electron chi connectivity index (χ2n) is 5.81. The Balaban J connectivity index is 1.47. The maximum Gasteiger partial charge on any atom is 0.279 e. The molecule has 0 fully saturated rings. The largest absolute Gasteiger partial charge is 0.457 e. The smallest absolute Gasteiger partial charge is 0.279 e. The molecule has 0 saturated heterocycles. The van der Waals surface area contributed by atoms with Gasteiger partial charge in [-0.2, -0.15) is 0 Å². The van der Waals surface area contributed by atoms with Crippen molar-refractivity contribution in [2.75, 3.05) is 6.54 Å². The van der Waals surface area contributed by atoms with Gasteiger partial charge < -0.3 is 15.2 Å². The third-order valence-electron chi connectivity index (χ3n) is 3.87. The van der Waals surface area contributed by atoms with Gasteiger partial charge in [0, 0.05) is 0 Å². The molecule has 3 aromatic carbocycles. The van der Waals surface area contributed by atoms with Gasteiger partial charge in [0.2, 0.25) is 0 Å². The number of aromatic nitrogens is 1. The third kappa shape index (κ3) is 3.85. The second-order valence-corrected chi connectivity index (χ2v) is 6.80. The molecule has 26 heavy (non-hydrogen) atoms. The zero-order chi connectivity index (χ0) is 17.8. The minimum Gasteiger partial charge on any atom is -0.457 e. The van der Waals surface area contributed by atoms with E-state index in [9.17, 15) is 0 Å². The molecule has 0 spiro atoms. The first-order valence-electron chi connectivity index (χ1n) is 8.40. The van der Waals surface area contributed by atoms with Gasteiger partial charge in [-0.3, -0.25) is 0 Å². The van der Waals surface area contributed by atoms with Crippen LogP contribution in [0.4, 0.5) is 0 Å². The van der Waals surface area contributed by atoms with Gasteiger partial charge >= 0.3 is 0 Å². The maximum atomic E-state index is 5.90. The van der Waals surface area contributed by atoms with Crippen LogP contribution in [0.3, 0.4) is 0 Å². The molecule has 2 N–H and O–H groups in total. The van der Waals surface area contributed by atoms with E-state index in [4.69, 9.17) is 15.2 Å². The van der Waals surface area contributed by atoms with E-state index in [1.54, 1.807) is 0 Å². The molecule has 4 rings (SSSR count). The number of thiazole rings is 1. The number of para-hydroxylation sites is 1. The molecule has 0 unspecified atom stereocenters. The van der Waals surface area contributed by atoms with Crippen LogP contribution in [-0.2, 0) is 6.42 Å². The highest BCUT2D eigenvalue weighted by molar-refractivity contribution is 7.20. The summed E-state index contributed by atoms with van der Waals surface area (Å²) >= 11 is 1.53. The van der Waals surface area contributed by atoms with Crippen LogP contribution >= 0.6 is 11.3 Å². The van der Waals surface area contributed by atoms with Crippen molar-refractivity contribution >= 4 is 21.6 Å². The number of nitrogens with zero attached hydrogens (tertiary/aromatic N) is 1. The average Bonchev–Trinajstić information content (AvgIpc) is 3.06. The summed E-state index contributed by atoms with van der Waals surface area (Å²) in [5.74, 6) is 2.30. The summed E-state index contributed by atoms with van der Waals surface area (Å²) < 4.78 is 12.8. The molecule has 0 amide bonds. The number of ether oxygens (including phenoxy) is 2. The van der Waals surface area contributed by atoms with E-state index in [-0.39, 0.29) is 0 Å². The number of nitrogens with two attached hydrogens (primary N) is 1. The van der Waals surface area contributed by atoms with Crippen LogP contribution in [0, 0.1) is 0 Å². The minimum atomic E-state index is 0.627. The Hall–Kier alpha value is -2.89. The van der Waals surface area contributed by atoms with Crippen LogP contribution in [0.1, 0.15) is 5.56 Å². The Morgan fingerprint density at radius 3 is 2.23 bits per heavy atom. The molecule has 0 aliphatic rings. The first-order valence-corrected chi connectivity index (χ1v) is 9.22. The predicted octanol–water partition coefficient (Wildman–Crippen LogP) is 5.38. The molecular weight excluding hydrogens is 344 g/mol. The Kier molecular flexibility index (Phi) is 4.82. The van der Waals surface area contributed by atoms with Gasteiger partial charge in [0.1, 0.15) is 17.2 Å². The second kappa shape index (κ2) is 7.56. The van der Waals surface area contributed by atoms with Gasteiger partial charge in [-0.25, -0.2) is 4.98 Å². The highest BCUT2D eigenvalue weighted by atomic mass is 32.1. The van der Waals surface area contributed by atoms with Crippen molar-refractivity contribution < 1.29 is 9.47 Å². The Labute approximate surface area is 155 Å². The molecule has 4 aromatic rings. The van der Waals surface area contributed by atoms with Gasteiger partial charge in [0.05, 0.1) is 10.2 Å². The van der Waals surface area contributed by atoms with E-state index in [0.717, 1.165) is 33.9 Å². The minimum absolute atomic E-state index is 0.627. The van der Waals surface area contributed by atoms with Gasteiger partial charge in [-0.05, 0) is 67.1 Å². The summed E-state index contributed by atoms with van der Waals surface area (Å²) in [6.07, 6.45) is 0.868. The van der Waals surface area contributed by atoms with Crippen LogP contribution in [0.5, 0.6) is 22.4 Å². The maximum absolute atomic E-state index is 5.90. The molecule has 1 heterocycles. The number of hydrogen-bond acceptors (Lipinski definition) is 5. The van der Waals surface area contributed by atoms with Crippen LogP contribution in [0.25, 0.3) is 10.2 Å². The number of hydrogen-bond donors (Lipinski definition) is 1. The van der Waals surface area contributed by atoms with E-state index in [1.165, 1.54) is 16.9 Å². The summed E-state index contributed by atoms with van der Waals surface area (Å²) in [5, 5.41) is 0.627. The average molecular weight is 362 g/mol. The van der Waals surface area contributed by atoms with Crippen LogP contribution in [0.15, 0.2) is 72.8 Å². The predicted molar refractivity (Wildman–Crippen MR) is 105 cm³/mol. The molecular formula is C21H18N2O2S. The van der Waals surface area contributed by atoms with Crippen LogP contribution in [-0.4, -0.2) is 11.5 Å². The number of rotatable bonds is 6. The summed E-state index contributed by atoms with van der Waals surface area (Å²) in [4.78, 5) is 4.53. The summed E-state index contributed by atoms with van der Waals surface area (Å²) in [6, 6.07) is 23.4. The van der Waals surface area contributed by atoms with Crippen molar-refractivity contribution in [2.45, 2.75) is 6.42 Å². The van der Waals surface area contributed by atoms with Crippen molar-refractivity contribution in [3.8, 4) is 22.4 Å². The zero-order valence-corrected chi connectivity index (χ0v) is 14.9. The van der Waals surface area contributed by atoms with Gasteiger partial charge in [-0.15, -0.1) is 0 Å². The van der Waals surface area contributed by atoms with Crippen LogP contribution in [0.2, 0.25) is 0 Å². The normalized spacial score (nSPS) is 10.8. The lowest BCUT2D eigenvalue weighted by Gasteiger charge is -2.06. The van der Waals surface area contributed by atoms with E-state index >= 15 is 0 Å². The molecule has 0 saturated carbocycles. The lowest BCUT2D eigenvalue weighted by Crippen LogP contribution is -2.02. The Bertz CT molecular complexity index is 998. The van der Waals surface area contributed by atoms with Gasteiger partial charge in [-0.1, -0.05) is 35.6 Å². The molecule has 0 atom stereocenters. The first-order chi connectivity index (χ1) is 12.8. The highest BCUT2D eigenvalue weighted by Gasteiger charge is 2.07. The summed E-state index contributed by atoms with van der Waals surface area (Å²) in [5.41, 5.74) is 7.79. The Morgan fingerprint density at radius 2 is 1.50 bits per heavy atom. The van der Waals surface area contributed by atoms with E-state index in [2.05, 4.69) is 17.1 Å². The van der Waals surface area contributed by atoms with E-state index in [1.807, 2.05) is 60.7 Å². The lowest BCUT2D eigenvalue weighted by molar-refractivity contribution is 0.468. The van der Waals surface area contributed by atoms with E-state index in [0.29, 0.717) is 11.7 Å². The quantitative estimate of drug-likeness (QED) is 0.500. The molecule has 1 aromatic heterocycles. The van der Waals surface area contributed by atoms with Gasteiger partial charge in [0.15, 0.2) is 0 Å². The third-order valence-corrected chi connectivity index (χ3v) is 4.77. The first kappa shape index (κ1) is 16.6. The molecule has 130 valence electrons. The summed E-state index contributed by atoms with van der Waals surface area (Å²) in [6.45, 7) is 0.644. The number of benzene rings is 3. The standard InChI is InChI=1S/C21H18N2O2S/c22-13-12-15-6-11-19-20(14-15)26-21(23-19)25-18-9-7-17(8-10-18)24-16-4-2-1-3-5-16/h1-11,14H,12-13,22H2. The molecule has 0 aliphatic heterocycles. The fraction of sp³-hybridized carbons (Fsp3) is 0.0952. The lowest BCUT2D eigenvalue weighted by atomic mass is 10.1. The molecule has 0 bridgehead atoms. The zero-order valence-electron chi connectivity index (χ0n) is 14.1. The van der Waals surface area contributed by atoms with E-state index < -0.39 is 0 Å². The van der Waals surface area contributed by atoms with Crippen molar-refractivity contribution in [3.05, 3.63) is 78.4 Å². The fourth-order valence-corrected chi connectivity index (χ4v) is 3.51. The van der Waals surface area contributed by atoms with Gasteiger partial charge in [0.25, 0.3) is 5.19 Å². The van der Waals surface area contributed by atoms with Crippen molar-refractivity contribution in [3.63, 3.8) is 0 Å². The molecule has 0 radical (unpaired) electrons. The topological polar surface area (TPSA) is 57.4 Å². The molecule has 0 aliphatic carbocycles. The monoisotopic (exact) mass is 362 g/mol.